The van der Waals surface area contributed by atoms with E-state index >= 15 is 0 Å². The third-order valence-electron chi connectivity index (χ3n) is 4.52. The number of azo groups is 1. The van der Waals surface area contributed by atoms with E-state index < -0.39 is 20.8 Å². The van der Waals surface area contributed by atoms with Crippen molar-refractivity contribution in [2.75, 3.05) is 19.5 Å². The van der Waals surface area contributed by atoms with Gasteiger partial charge in [-0.25, -0.2) is 0 Å². The number of methoxy groups -OCH3 is 1. The molecule has 0 aliphatic rings. The molecule has 0 radical (unpaired) electrons. The van der Waals surface area contributed by atoms with E-state index in [1.165, 1.54) is 13.2 Å². The standard InChI is InChI=1S/C20H21N3O5S/c1-11-7-13-9-17(29(25,26)27)19(20(24)18(13)16(8-11)21-3)23-22-15-10-14(28-4)6-5-12(15)2/h5-10,21,24H,1-4H3,(H,25,26,27). The van der Waals surface area contributed by atoms with Gasteiger partial charge in [0.15, 0.2) is 5.75 Å². The van der Waals surface area contributed by atoms with Crippen LogP contribution in [-0.4, -0.2) is 32.2 Å². The first-order chi connectivity index (χ1) is 13.7. The molecule has 9 heteroatoms. The molecular weight excluding hydrogens is 394 g/mol. The summed E-state index contributed by atoms with van der Waals surface area (Å²) in [5.41, 5.74) is 2.30. The molecule has 0 saturated carbocycles. The number of fused-ring (bicyclic) bond motifs is 1. The number of nitrogens with one attached hydrogen (secondary N) is 1. The first-order valence-electron chi connectivity index (χ1n) is 8.67. The molecule has 0 spiro atoms. The monoisotopic (exact) mass is 415 g/mol. The van der Waals surface area contributed by atoms with Crippen molar-refractivity contribution < 1.29 is 22.8 Å². The molecule has 0 fully saturated rings. The maximum Gasteiger partial charge on any atom is 0.296 e. The van der Waals surface area contributed by atoms with Gasteiger partial charge in [-0.05, 0) is 48.6 Å². The van der Waals surface area contributed by atoms with Crippen molar-refractivity contribution in [2.45, 2.75) is 18.7 Å². The lowest BCUT2D eigenvalue weighted by atomic mass is 10.0. The Morgan fingerprint density at radius 2 is 1.79 bits per heavy atom. The summed E-state index contributed by atoms with van der Waals surface area (Å²) in [5, 5.41) is 22.7. The fourth-order valence-corrected chi connectivity index (χ4v) is 3.71. The van der Waals surface area contributed by atoms with Crippen molar-refractivity contribution in [1.82, 2.24) is 0 Å². The van der Waals surface area contributed by atoms with E-state index in [-0.39, 0.29) is 5.69 Å². The van der Waals surface area contributed by atoms with Crippen LogP contribution in [0, 0.1) is 13.8 Å². The lowest BCUT2D eigenvalue weighted by Crippen LogP contribution is -2.00. The summed E-state index contributed by atoms with van der Waals surface area (Å²) in [6.45, 7) is 3.64. The molecule has 0 aromatic heterocycles. The van der Waals surface area contributed by atoms with Crippen LogP contribution in [0.3, 0.4) is 0 Å². The van der Waals surface area contributed by atoms with Gasteiger partial charge < -0.3 is 15.2 Å². The highest BCUT2D eigenvalue weighted by Gasteiger charge is 2.23. The Labute approximate surface area is 168 Å². The predicted octanol–water partition coefficient (Wildman–Crippen LogP) is 4.87. The number of ether oxygens (including phenoxy) is 1. The van der Waals surface area contributed by atoms with Crippen LogP contribution in [0.2, 0.25) is 0 Å². The minimum Gasteiger partial charge on any atom is -0.505 e. The Kier molecular flexibility index (Phi) is 5.45. The van der Waals surface area contributed by atoms with Crippen molar-refractivity contribution in [3.63, 3.8) is 0 Å². The molecule has 0 amide bonds. The lowest BCUT2D eigenvalue weighted by molar-refractivity contribution is 0.415. The highest BCUT2D eigenvalue weighted by molar-refractivity contribution is 7.86. The normalized spacial score (nSPS) is 11.9. The SMILES string of the molecule is CNc1cc(C)cc2cc(S(=O)(=O)O)c(N=Nc3cc(OC)ccc3C)c(O)c12. The predicted molar refractivity (Wildman–Crippen MR) is 112 cm³/mol. The lowest BCUT2D eigenvalue weighted by Gasteiger charge is -2.13. The van der Waals surface area contributed by atoms with Crippen LogP contribution in [0.1, 0.15) is 11.1 Å². The zero-order chi connectivity index (χ0) is 21.3. The molecule has 0 bridgehead atoms. The molecule has 0 heterocycles. The molecule has 0 unspecified atom stereocenters. The molecule has 3 aromatic rings. The zero-order valence-corrected chi connectivity index (χ0v) is 17.2. The van der Waals surface area contributed by atoms with E-state index in [0.29, 0.717) is 27.9 Å². The number of phenolic OH excluding ortho intramolecular Hbond substituents is 1. The van der Waals surface area contributed by atoms with Crippen molar-refractivity contribution in [3.8, 4) is 11.5 Å². The first kappa shape index (κ1) is 20.6. The van der Waals surface area contributed by atoms with Gasteiger partial charge in [0, 0.05) is 24.2 Å². The van der Waals surface area contributed by atoms with E-state index in [0.717, 1.165) is 11.1 Å². The average molecular weight is 415 g/mol. The van der Waals surface area contributed by atoms with Gasteiger partial charge in [0.05, 0.1) is 12.8 Å². The molecular formula is C20H21N3O5S. The van der Waals surface area contributed by atoms with E-state index in [1.54, 1.807) is 38.2 Å². The smallest absolute Gasteiger partial charge is 0.296 e. The summed E-state index contributed by atoms with van der Waals surface area (Å²) in [5.74, 6) is 0.152. The van der Waals surface area contributed by atoms with Crippen LogP contribution in [0.5, 0.6) is 11.5 Å². The second-order valence-electron chi connectivity index (χ2n) is 6.56. The van der Waals surface area contributed by atoms with Gasteiger partial charge in [0.2, 0.25) is 0 Å². The number of aryl methyl sites for hydroxylation is 2. The van der Waals surface area contributed by atoms with Crippen molar-refractivity contribution in [1.29, 1.82) is 0 Å². The van der Waals surface area contributed by atoms with Crippen molar-refractivity contribution in [3.05, 3.63) is 47.5 Å². The quantitative estimate of drug-likeness (QED) is 0.404. The van der Waals surface area contributed by atoms with E-state index in [2.05, 4.69) is 15.5 Å². The van der Waals surface area contributed by atoms with Crippen LogP contribution in [-0.2, 0) is 10.1 Å². The minimum absolute atomic E-state index is 0.345. The second-order valence-corrected chi connectivity index (χ2v) is 7.95. The van der Waals surface area contributed by atoms with Crippen LogP contribution in [0.15, 0.2) is 51.5 Å². The number of anilines is 1. The summed E-state index contributed by atoms with van der Waals surface area (Å²) in [4.78, 5) is -0.528. The Morgan fingerprint density at radius 3 is 2.41 bits per heavy atom. The van der Waals surface area contributed by atoms with E-state index in [4.69, 9.17) is 4.74 Å². The van der Waals surface area contributed by atoms with Crippen LogP contribution >= 0.6 is 0 Å². The van der Waals surface area contributed by atoms with E-state index in [9.17, 15) is 18.1 Å². The fourth-order valence-electron chi connectivity index (χ4n) is 3.06. The molecule has 0 aliphatic heterocycles. The number of hydrogen-bond acceptors (Lipinski definition) is 7. The third kappa shape index (κ3) is 4.01. The number of phenols is 1. The van der Waals surface area contributed by atoms with Gasteiger partial charge in [-0.1, -0.05) is 12.1 Å². The highest BCUT2D eigenvalue weighted by atomic mass is 32.2. The fraction of sp³-hybridized carbons (Fsp3) is 0.200. The van der Waals surface area contributed by atoms with Gasteiger partial charge in [-0.2, -0.15) is 8.42 Å². The Hall–Kier alpha value is -3.17. The van der Waals surface area contributed by atoms with Crippen LogP contribution in [0.25, 0.3) is 10.8 Å². The zero-order valence-electron chi connectivity index (χ0n) is 16.4. The Morgan fingerprint density at radius 1 is 1.07 bits per heavy atom. The first-order valence-corrected chi connectivity index (χ1v) is 10.1. The summed E-state index contributed by atoms with van der Waals surface area (Å²) in [6, 6.07) is 9.95. The van der Waals surface area contributed by atoms with Gasteiger partial charge in [-0.3, -0.25) is 4.55 Å². The third-order valence-corrected chi connectivity index (χ3v) is 5.38. The summed E-state index contributed by atoms with van der Waals surface area (Å²) in [6.07, 6.45) is 0. The summed E-state index contributed by atoms with van der Waals surface area (Å²) < 4.78 is 38.8. The topological polar surface area (TPSA) is 121 Å². The molecule has 0 aliphatic carbocycles. The largest absolute Gasteiger partial charge is 0.505 e. The van der Waals surface area contributed by atoms with Crippen molar-refractivity contribution in [2.24, 2.45) is 10.2 Å². The Bertz CT molecular complexity index is 1240. The molecule has 3 rings (SSSR count). The number of hydrogen-bond donors (Lipinski definition) is 3. The molecule has 3 aromatic carbocycles. The van der Waals surface area contributed by atoms with Gasteiger partial charge in [0.25, 0.3) is 10.1 Å². The average Bonchev–Trinajstić information content (AvgIpc) is 2.66. The van der Waals surface area contributed by atoms with Gasteiger partial charge >= 0.3 is 0 Å². The second kappa shape index (κ2) is 7.69. The summed E-state index contributed by atoms with van der Waals surface area (Å²) >= 11 is 0. The van der Waals surface area contributed by atoms with Gasteiger partial charge in [-0.15, -0.1) is 10.2 Å². The maximum absolute atomic E-state index is 12.0. The number of aromatic hydroxyl groups is 1. The molecule has 29 heavy (non-hydrogen) atoms. The molecule has 0 atom stereocenters. The molecule has 0 saturated heterocycles. The van der Waals surface area contributed by atoms with E-state index in [1.807, 2.05) is 13.0 Å². The number of nitrogens with zero attached hydrogens (tertiary/aromatic N) is 2. The van der Waals surface area contributed by atoms with Crippen molar-refractivity contribution >= 4 is 38.0 Å². The van der Waals surface area contributed by atoms with Crippen LogP contribution < -0.4 is 10.1 Å². The Balaban J connectivity index is 2.31. The maximum atomic E-state index is 12.0. The van der Waals surface area contributed by atoms with Crippen LogP contribution in [0.4, 0.5) is 17.1 Å². The molecule has 152 valence electrons. The number of benzene rings is 3. The van der Waals surface area contributed by atoms with Gasteiger partial charge in [0.1, 0.15) is 16.3 Å². The highest BCUT2D eigenvalue weighted by Crippen LogP contribution is 2.44. The summed E-state index contributed by atoms with van der Waals surface area (Å²) in [7, 11) is -1.47. The molecule has 3 N–H and O–H groups in total. The minimum atomic E-state index is -4.67. The number of rotatable bonds is 5. The molecule has 8 nitrogen and oxygen atoms in total.